The van der Waals surface area contributed by atoms with Crippen LogP contribution in [0, 0.1) is 13.8 Å². The first-order valence-electron chi connectivity index (χ1n) is 10.7. The molecule has 1 aliphatic heterocycles. The maximum absolute atomic E-state index is 13.0. The van der Waals surface area contributed by atoms with Crippen molar-refractivity contribution in [3.05, 3.63) is 82.6 Å². The lowest BCUT2D eigenvalue weighted by molar-refractivity contribution is -0.130. The molecule has 2 aromatic heterocycles. The summed E-state index contributed by atoms with van der Waals surface area (Å²) in [7, 11) is 0. The van der Waals surface area contributed by atoms with E-state index in [0.717, 1.165) is 22.0 Å². The number of barbiturate groups is 1. The van der Waals surface area contributed by atoms with Gasteiger partial charge in [-0.2, -0.15) is 0 Å². The lowest BCUT2D eigenvalue weighted by Gasteiger charge is -2.25. The molecule has 34 heavy (non-hydrogen) atoms. The summed E-state index contributed by atoms with van der Waals surface area (Å²) in [6.07, 6.45) is 2.91. The normalized spacial score (nSPS) is 15.1. The molecule has 1 fully saturated rings. The zero-order valence-corrected chi connectivity index (χ0v) is 19.0. The predicted octanol–water partition coefficient (Wildman–Crippen LogP) is 3.53. The number of furan rings is 1. The lowest BCUT2D eigenvalue weighted by Crippen LogP contribution is -2.53. The molecule has 3 heterocycles. The Labute approximate surface area is 195 Å². The SMILES string of the molecule is CCOC(=O)c1cccc(-n2c(C)cc(C=C3C(=O)NC(=O)N(Cc4ccco4)C3=O)c2C)c1. The van der Waals surface area contributed by atoms with Gasteiger partial charge in [0, 0.05) is 17.1 Å². The molecule has 0 bridgehead atoms. The van der Waals surface area contributed by atoms with Gasteiger partial charge in [0.25, 0.3) is 11.8 Å². The molecule has 1 aromatic carbocycles. The summed E-state index contributed by atoms with van der Waals surface area (Å²) in [5.74, 6) is -1.48. The van der Waals surface area contributed by atoms with Gasteiger partial charge in [-0.05, 0) is 68.8 Å². The van der Waals surface area contributed by atoms with Crippen molar-refractivity contribution in [1.82, 2.24) is 14.8 Å². The van der Waals surface area contributed by atoms with Crippen LogP contribution < -0.4 is 5.32 Å². The van der Waals surface area contributed by atoms with Gasteiger partial charge in [0.2, 0.25) is 0 Å². The van der Waals surface area contributed by atoms with E-state index < -0.39 is 23.8 Å². The number of hydrogen-bond donors (Lipinski definition) is 1. The molecule has 0 spiro atoms. The van der Waals surface area contributed by atoms with Crippen LogP contribution >= 0.6 is 0 Å². The summed E-state index contributed by atoms with van der Waals surface area (Å²) in [6.45, 7) is 5.64. The highest BCUT2D eigenvalue weighted by molar-refractivity contribution is 6.31. The summed E-state index contributed by atoms with van der Waals surface area (Å²) in [6, 6.07) is 11.3. The van der Waals surface area contributed by atoms with Crippen LogP contribution in [0.25, 0.3) is 11.8 Å². The number of nitrogens with zero attached hydrogens (tertiary/aromatic N) is 2. The largest absolute Gasteiger partial charge is 0.467 e. The third-order valence-corrected chi connectivity index (χ3v) is 5.47. The van der Waals surface area contributed by atoms with Crippen LogP contribution in [0.2, 0.25) is 0 Å². The van der Waals surface area contributed by atoms with E-state index in [1.165, 1.54) is 12.3 Å². The molecule has 0 atom stereocenters. The Hall–Kier alpha value is -4.40. The summed E-state index contributed by atoms with van der Waals surface area (Å²) in [5, 5.41) is 2.21. The minimum Gasteiger partial charge on any atom is -0.467 e. The van der Waals surface area contributed by atoms with Gasteiger partial charge in [-0.1, -0.05) is 6.07 Å². The lowest BCUT2D eigenvalue weighted by atomic mass is 10.1. The Balaban J connectivity index is 1.69. The monoisotopic (exact) mass is 461 g/mol. The first-order valence-corrected chi connectivity index (χ1v) is 10.7. The van der Waals surface area contributed by atoms with Crippen molar-refractivity contribution in [2.24, 2.45) is 0 Å². The molecular formula is C25H23N3O6. The molecular weight excluding hydrogens is 438 g/mol. The average Bonchev–Trinajstić information content (AvgIpc) is 3.41. The summed E-state index contributed by atoms with van der Waals surface area (Å²) < 4.78 is 12.2. The zero-order chi connectivity index (χ0) is 24.4. The van der Waals surface area contributed by atoms with E-state index in [1.54, 1.807) is 37.3 Å². The van der Waals surface area contributed by atoms with Crippen LogP contribution in [-0.4, -0.2) is 39.9 Å². The van der Waals surface area contributed by atoms with Gasteiger partial charge in [0.1, 0.15) is 11.3 Å². The number of rotatable bonds is 6. The minimum atomic E-state index is -0.801. The Morgan fingerprint density at radius 2 is 1.91 bits per heavy atom. The van der Waals surface area contributed by atoms with E-state index >= 15 is 0 Å². The molecule has 4 amide bonds. The van der Waals surface area contributed by atoms with E-state index in [-0.39, 0.29) is 18.7 Å². The van der Waals surface area contributed by atoms with Crippen LogP contribution in [0.15, 0.2) is 58.7 Å². The quantitative estimate of drug-likeness (QED) is 0.342. The van der Waals surface area contributed by atoms with Crippen LogP contribution in [0.5, 0.6) is 0 Å². The molecule has 4 rings (SSSR count). The Morgan fingerprint density at radius 1 is 1.12 bits per heavy atom. The van der Waals surface area contributed by atoms with Crippen molar-refractivity contribution in [1.29, 1.82) is 0 Å². The fourth-order valence-corrected chi connectivity index (χ4v) is 3.87. The molecule has 9 nitrogen and oxygen atoms in total. The Kier molecular flexibility index (Phi) is 6.18. The number of urea groups is 1. The van der Waals surface area contributed by atoms with Crippen LogP contribution in [0.1, 0.15) is 40.0 Å². The minimum absolute atomic E-state index is 0.0953. The van der Waals surface area contributed by atoms with Gasteiger partial charge >= 0.3 is 12.0 Å². The predicted molar refractivity (Wildman–Crippen MR) is 122 cm³/mol. The number of benzene rings is 1. The number of hydrogen-bond acceptors (Lipinski definition) is 6. The number of amides is 4. The van der Waals surface area contributed by atoms with Crippen molar-refractivity contribution in [2.75, 3.05) is 6.61 Å². The third kappa shape index (κ3) is 4.27. The molecule has 174 valence electrons. The van der Waals surface area contributed by atoms with Gasteiger partial charge in [-0.15, -0.1) is 0 Å². The number of carbonyl (C=O) groups is 4. The molecule has 1 saturated heterocycles. The molecule has 0 aliphatic carbocycles. The van der Waals surface area contributed by atoms with Crippen LogP contribution in [0.4, 0.5) is 4.79 Å². The summed E-state index contributed by atoms with van der Waals surface area (Å²) in [5.41, 5.74) is 3.20. The zero-order valence-electron chi connectivity index (χ0n) is 19.0. The maximum atomic E-state index is 13.0. The summed E-state index contributed by atoms with van der Waals surface area (Å²) >= 11 is 0. The molecule has 1 aliphatic rings. The van der Waals surface area contributed by atoms with Crippen molar-refractivity contribution in [2.45, 2.75) is 27.3 Å². The second kappa shape index (κ2) is 9.22. The number of ether oxygens (including phenoxy) is 1. The number of aryl methyl sites for hydroxylation is 1. The molecule has 3 aromatic rings. The number of aromatic nitrogens is 1. The number of carbonyl (C=O) groups excluding carboxylic acids is 4. The van der Waals surface area contributed by atoms with E-state index in [2.05, 4.69) is 5.32 Å². The fourth-order valence-electron chi connectivity index (χ4n) is 3.87. The number of imide groups is 2. The van der Waals surface area contributed by atoms with Gasteiger partial charge in [-0.25, -0.2) is 9.59 Å². The third-order valence-electron chi connectivity index (χ3n) is 5.47. The first kappa shape index (κ1) is 22.8. The van der Waals surface area contributed by atoms with Crippen molar-refractivity contribution in [3.8, 4) is 5.69 Å². The second-order valence-electron chi connectivity index (χ2n) is 7.72. The Morgan fingerprint density at radius 3 is 2.62 bits per heavy atom. The van der Waals surface area contributed by atoms with Gasteiger partial charge in [0.05, 0.1) is 25.0 Å². The Bertz CT molecular complexity index is 1320. The van der Waals surface area contributed by atoms with E-state index in [1.807, 2.05) is 30.5 Å². The van der Waals surface area contributed by atoms with E-state index in [0.29, 0.717) is 16.9 Å². The van der Waals surface area contributed by atoms with Gasteiger partial charge < -0.3 is 13.7 Å². The second-order valence-corrected chi connectivity index (χ2v) is 7.72. The van der Waals surface area contributed by atoms with Crippen LogP contribution in [-0.2, 0) is 20.9 Å². The van der Waals surface area contributed by atoms with E-state index in [4.69, 9.17) is 9.15 Å². The van der Waals surface area contributed by atoms with Gasteiger partial charge in [0.15, 0.2) is 0 Å². The van der Waals surface area contributed by atoms with Crippen molar-refractivity contribution >= 4 is 29.9 Å². The highest BCUT2D eigenvalue weighted by atomic mass is 16.5. The molecule has 0 saturated carbocycles. The van der Waals surface area contributed by atoms with E-state index in [9.17, 15) is 19.2 Å². The van der Waals surface area contributed by atoms with Crippen LogP contribution in [0.3, 0.4) is 0 Å². The molecule has 9 heteroatoms. The number of esters is 1. The topological polar surface area (TPSA) is 111 Å². The summed E-state index contributed by atoms with van der Waals surface area (Å²) in [4.78, 5) is 50.8. The van der Waals surface area contributed by atoms with Crippen molar-refractivity contribution < 1.29 is 28.3 Å². The number of nitrogens with one attached hydrogen (secondary N) is 1. The highest BCUT2D eigenvalue weighted by Crippen LogP contribution is 2.25. The average molecular weight is 461 g/mol. The van der Waals surface area contributed by atoms with Gasteiger partial charge in [-0.3, -0.25) is 19.8 Å². The standard InChI is InChI=1S/C25H23N3O6/c1-4-33-24(31)17-7-5-8-19(12-17)28-15(2)11-18(16(28)3)13-21-22(29)26-25(32)27(23(21)30)14-20-9-6-10-34-20/h5-13H,4,14H2,1-3H3,(H,26,29,32). The highest BCUT2D eigenvalue weighted by Gasteiger charge is 2.36. The molecule has 0 unspecified atom stereocenters. The molecule has 1 N–H and O–H groups in total. The molecule has 0 radical (unpaired) electrons. The smallest absolute Gasteiger partial charge is 0.338 e. The maximum Gasteiger partial charge on any atom is 0.338 e. The van der Waals surface area contributed by atoms with Crippen molar-refractivity contribution in [3.63, 3.8) is 0 Å². The first-order chi connectivity index (χ1) is 16.3. The fraction of sp³-hybridized carbons (Fsp3) is 0.200.